The second-order valence-electron chi connectivity index (χ2n) is 4.40. The molecule has 0 heterocycles. The predicted molar refractivity (Wildman–Crippen MR) is 64.6 cm³/mol. The Kier molecular flexibility index (Phi) is 4.42. The van der Waals surface area contributed by atoms with Gasteiger partial charge >= 0.3 is 5.97 Å². The molecule has 0 aliphatic heterocycles. The van der Waals surface area contributed by atoms with Crippen LogP contribution in [0.3, 0.4) is 0 Å². The number of carboxylic acids is 1. The molecule has 1 unspecified atom stereocenters. The molecular formula is C13H16FNO3. The van der Waals surface area contributed by atoms with Gasteiger partial charge in [-0.25, -0.2) is 9.18 Å². The van der Waals surface area contributed by atoms with Crippen molar-refractivity contribution < 1.29 is 19.1 Å². The van der Waals surface area contributed by atoms with E-state index in [4.69, 9.17) is 0 Å². The van der Waals surface area contributed by atoms with E-state index in [1.54, 1.807) is 20.8 Å². The molecule has 0 spiro atoms. The van der Waals surface area contributed by atoms with Crippen molar-refractivity contribution in [1.82, 2.24) is 4.90 Å². The van der Waals surface area contributed by atoms with Gasteiger partial charge in [0.15, 0.2) is 6.04 Å². The second kappa shape index (κ2) is 5.62. The van der Waals surface area contributed by atoms with Gasteiger partial charge in [-0.3, -0.25) is 4.79 Å². The highest BCUT2D eigenvalue weighted by Gasteiger charge is 2.28. The maximum Gasteiger partial charge on any atom is 0.331 e. The molecule has 0 aliphatic rings. The molecule has 5 heteroatoms. The Hall–Kier alpha value is -1.91. The molecule has 0 saturated carbocycles. The molecule has 0 aromatic heterocycles. The van der Waals surface area contributed by atoms with E-state index < -0.39 is 17.8 Å². The van der Waals surface area contributed by atoms with Crippen molar-refractivity contribution in [3.8, 4) is 0 Å². The molecule has 1 N–H and O–H groups in total. The Balaban J connectivity index is 3.23. The summed E-state index contributed by atoms with van der Waals surface area (Å²) in [5.41, 5.74) is 0.746. The molecule has 0 aliphatic carbocycles. The number of aliphatic carboxylic acids is 1. The highest BCUT2D eigenvalue weighted by Crippen LogP contribution is 2.23. The molecule has 4 nitrogen and oxygen atoms in total. The normalized spacial score (nSPS) is 12.3. The molecular weight excluding hydrogens is 237 g/mol. The molecule has 18 heavy (non-hydrogen) atoms. The zero-order valence-electron chi connectivity index (χ0n) is 10.6. The van der Waals surface area contributed by atoms with Gasteiger partial charge in [-0.2, -0.15) is 0 Å². The zero-order chi connectivity index (χ0) is 13.9. The summed E-state index contributed by atoms with van der Waals surface area (Å²) >= 11 is 0. The van der Waals surface area contributed by atoms with Crippen LogP contribution >= 0.6 is 0 Å². The summed E-state index contributed by atoms with van der Waals surface area (Å²) in [7, 11) is 0. The fourth-order valence-electron chi connectivity index (χ4n) is 1.76. The summed E-state index contributed by atoms with van der Waals surface area (Å²) in [5, 5.41) is 9.24. The van der Waals surface area contributed by atoms with Gasteiger partial charge in [0.25, 0.3) is 0 Å². The molecule has 1 amide bonds. The molecule has 0 bridgehead atoms. The van der Waals surface area contributed by atoms with Gasteiger partial charge in [-0.05, 0) is 38.0 Å². The highest BCUT2D eigenvalue weighted by molar-refractivity contribution is 5.78. The lowest BCUT2D eigenvalue weighted by Crippen LogP contribution is -2.38. The summed E-state index contributed by atoms with van der Waals surface area (Å²) < 4.78 is 13.2. The van der Waals surface area contributed by atoms with Gasteiger partial charge in [0, 0.05) is 6.04 Å². The van der Waals surface area contributed by atoms with E-state index in [9.17, 15) is 19.1 Å². The van der Waals surface area contributed by atoms with Crippen LogP contribution in [0.1, 0.15) is 31.0 Å². The van der Waals surface area contributed by atoms with Crippen molar-refractivity contribution >= 4 is 12.4 Å². The van der Waals surface area contributed by atoms with Gasteiger partial charge in [0.05, 0.1) is 0 Å². The number of nitrogens with zero attached hydrogens (tertiary/aromatic N) is 1. The summed E-state index contributed by atoms with van der Waals surface area (Å²) in [4.78, 5) is 23.5. The van der Waals surface area contributed by atoms with Crippen LogP contribution in [0.2, 0.25) is 0 Å². The molecule has 1 aromatic carbocycles. The largest absolute Gasteiger partial charge is 0.479 e. The van der Waals surface area contributed by atoms with E-state index in [2.05, 4.69) is 0 Å². The molecule has 1 atom stereocenters. The van der Waals surface area contributed by atoms with Crippen LogP contribution in [0.4, 0.5) is 4.39 Å². The van der Waals surface area contributed by atoms with Gasteiger partial charge in [0.1, 0.15) is 5.82 Å². The van der Waals surface area contributed by atoms with Crippen molar-refractivity contribution in [1.29, 1.82) is 0 Å². The Morgan fingerprint density at radius 1 is 1.44 bits per heavy atom. The standard InChI is InChI=1S/C13H16FNO3/c1-8(2)15(7-16)12(13(17)18)10-4-5-11(14)9(3)6-10/h4-8,12H,1-3H3,(H,17,18). The van der Waals surface area contributed by atoms with Crippen LogP contribution in [0, 0.1) is 12.7 Å². The third kappa shape index (κ3) is 2.85. The number of benzene rings is 1. The minimum atomic E-state index is -1.14. The first-order valence-corrected chi connectivity index (χ1v) is 5.60. The van der Waals surface area contributed by atoms with Crippen molar-refractivity contribution in [2.45, 2.75) is 32.9 Å². The summed E-state index contributed by atoms with van der Waals surface area (Å²) in [5.74, 6) is -1.54. The van der Waals surface area contributed by atoms with Crippen LogP contribution in [0.25, 0.3) is 0 Å². The third-order valence-electron chi connectivity index (χ3n) is 2.75. The van der Waals surface area contributed by atoms with E-state index in [1.807, 2.05) is 0 Å². The fraction of sp³-hybridized carbons (Fsp3) is 0.385. The van der Waals surface area contributed by atoms with Crippen LogP contribution in [-0.4, -0.2) is 28.4 Å². The SMILES string of the molecule is Cc1cc(C(C(=O)O)N(C=O)C(C)C)ccc1F. The maximum atomic E-state index is 13.2. The van der Waals surface area contributed by atoms with Gasteiger partial charge in [0.2, 0.25) is 6.41 Å². The number of halogens is 1. The Morgan fingerprint density at radius 2 is 2.06 bits per heavy atom. The first-order valence-electron chi connectivity index (χ1n) is 5.60. The van der Waals surface area contributed by atoms with Crippen molar-refractivity contribution in [3.05, 3.63) is 35.1 Å². The lowest BCUT2D eigenvalue weighted by atomic mass is 10.0. The van der Waals surface area contributed by atoms with Crippen LogP contribution in [0.15, 0.2) is 18.2 Å². The quantitative estimate of drug-likeness (QED) is 0.818. The number of hydrogen-bond donors (Lipinski definition) is 1. The minimum absolute atomic E-state index is 0.256. The molecule has 98 valence electrons. The summed E-state index contributed by atoms with van der Waals surface area (Å²) in [6, 6.07) is 2.70. The van der Waals surface area contributed by atoms with E-state index in [0.717, 1.165) is 0 Å². The number of hydrogen-bond acceptors (Lipinski definition) is 2. The highest BCUT2D eigenvalue weighted by atomic mass is 19.1. The molecule has 1 aromatic rings. The van der Waals surface area contributed by atoms with Gasteiger partial charge in [-0.1, -0.05) is 12.1 Å². The number of carbonyl (C=O) groups is 2. The smallest absolute Gasteiger partial charge is 0.331 e. The fourth-order valence-corrected chi connectivity index (χ4v) is 1.76. The summed E-state index contributed by atoms with van der Waals surface area (Å²) in [6.07, 6.45) is 0.502. The topological polar surface area (TPSA) is 57.6 Å². The van der Waals surface area contributed by atoms with Gasteiger partial charge < -0.3 is 10.0 Å². The van der Waals surface area contributed by atoms with Crippen molar-refractivity contribution in [2.24, 2.45) is 0 Å². The van der Waals surface area contributed by atoms with E-state index in [1.165, 1.54) is 23.1 Å². The lowest BCUT2D eigenvalue weighted by Gasteiger charge is -2.29. The number of aryl methyl sites for hydroxylation is 1. The monoisotopic (exact) mass is 253 g/mol. The summed E-state index contributed by atoms with van der Waals surface area (Å²) in [6.45, 7) is 5.00. The Labute approximate surface area is 105 Å². The van der Waals surface area contributed by atoms with Crippen LogP contribution < -0.4 is 0 Å². The average molecular weight is 253 g/mol. The number of rotatable bonds is 5. The number of carboxylic acid groups (broad SMARTS) is 1. The second-order valence-corrected chi connectivity index (χ2v) is 4.40. The molecule has 0 saturated heterocycles. The van der Waals surface area contributed by atoms with Gasteiger partial charge in [-0.15, -0.1) is 0 Å². The van der Waals surface area contributed by atoms with Crippen LogP contribution in [0.5, 0.6) is 0 Å². The third-order valence-corrected chi connectivity index (χ3v) is 2.75. The zero-order valence-corrected chi connectivity index (χ0v) is 10.6. The first kappa shape index (κ1) is 14.2. The molecule has 0 radical (unpaired) electrons. The van der Waals surface area contributed by atoms with Crippen molar-refractivity contribution in [3.63, 3.8) is 0 Å². The number of amides is 1. The van der Waals surface area contributed by atoms with E-state index in [0.29, 0.717) is 17.5 Å². The lowest BCUT2D eigenvalue weighted by molar-refractivity contribution is -0.148. The average Bonchev–Trinajstić information content (AvgIpc) is 2.28. The Bertz CT molecular complexity index is 460. The number of carbonyl (C=O) groups excluding carboxylic acids is 1. The van der Waals surface area contributed by atoms with E-state index >= 15 is 0 Å². The Morgan fingerprint density at radius 3 is 2.44 bits per heavy atom. The maximum absolute atomic E-state index is 13.2. The predicted octanol–water partition coefficient (Wildman–Crippen LogP) is 2.13. The van der Waals surface area contributed by atoms with E-state index in [-0.39, 0.29) is 6.04 Å². The first-order chi connectivity index (χ1) is 8.38. The van der Waals surface area contributed by atoms with Crippen molar-refractivity contribution in [2.75, 3.05) is 0 Å². The minimum Gasteiger partial charge on any atom is -0.479 e. The molecule has 1 rings (SSSR count). The molecule has 0 fully saturated rings. The van der Waals surface area contributed by atoms with Crippen LogP contribution in [-0.2, 0) is 9.59 Å².